The van der Waals surface area contributed by atoms with Crippen LogP contribution in [-0.2, 0) is 4.79 Å². The highest BCUT2D eigenvalue weighted by Crippen LogP contribution is 2.28. The molecule has 0 aliphatic carbocycles. The molecule has 0 spiro atoms. The van der Waals surface area contributed by atoms with Gasteiger partial charge in [0.05, 0.1) is 24.1 Å². The van der Waals surface area contributed by atoms with Crippen LogP contribution in [0.5, 0.6) is 0 Å². The molecule has 1 aromatic rings. The standard InChI is InChI=1S/C14H15N3O/c1-9-4-5-10(2)13(8-9)17-14(18)12(6-7-15)11(3)16-17/h4-5,8,12H,6H2,1-3H3. The summed E-state index contributed by atoms with van der Waals surface area (Å²) >= 11 is 0. The monoisotopic (exact) mass is 241 g/mol. The molecule has 0 bridgehead atoms. The van der Waals surface area contributed by atoms with Gasteiger partial charge in [0.1, 0.15) is 0 Å². The number of carbonyl (C=O) groups excluding carboxylic acids is 1. The molecule has 1 heterocycles. The van der Waals surface area contributed by atoms with Gasteiger partial charge in [0.2, 0.25) is 0 Å². The van der Waals surface area contributed by atoms with Gasteiger partial charge in [-0.3, -0.25) is 4.79 Å². The number of amides is 1. The maximum atomic E-state index is 12.2. The summed E-state index contributed by atoms with van der Waals surface area (Å²) in [4.78, 5) is 12.2. The lowest BCUT2D eigenvalue weighted by molar-refractivity contribution is -0.119. The fraction of sp³-hybridized carbons (Fsp3) is 0.357. The van der Waals surface area contributed by atoms with Crippen LogP contribution in [-0.4, -0.2) is 11.6 Å². The summed E-state index contributed by atoms with van der Waals surface area (Å²) in [6.07, 6.45) is 0.190. The third kappa shape index (κ3) is 2.00. The number of aryl methyl sites for hydroxylation is 2. The Morgan fingerprint density at radius 1 is 1.39 bits per heavy atom. The SMILES string of the molecule is CC1=NN(c2cc(C)ccc2C)C(=O)C1CC#N. The second kappa shape index (κ2) is 4.61. The highest BCUT2D eigenvalue weighted by molar-refractivity contribution is 6.15. The molecule has 1 aliphatic heterocycles. The van der Waals surface area contributed by atoms with E-state index in [0.717, 1.165) is 16.8 Å². The van der Waals surface area contributed by atoms with Gasteiger partial charge in [-0.2, -0.15) is 15.4 Å². The second-order valence-corrected chi connectivity index (χ2v) is 4.60. The van der Waals surface area contributed by atoms with Crippen LogP contribution in [0.2, 0.25) is 0 Å². The largest absolute Gasteiger partial charge is 0.272 e. The average Bonchev–Trinajstić information content (AvgIpc) is 2.61. The Morgan fingerprint density at radius 3 is 2.78 bits per heavy atom. The van der Waals surface area contributed by atoms with Crippen molar-refractivity contribution in [1.82, 2.24) is 0 Å². The van der Waals surface area contributed by atoms with Crippen molar-refractivity contribution in [2.24, 2.45) is 11.0 Å². The maximum absolute atomic E-state index is 12.2. The van der Waals surface area contributed by atoms with Crippen LogP contribution in [0, 0.1) is 31.1 Å². The van der Waals surface area contributed by atoms with Crippen molar-refractivity contribution in [2.45, 2.75) is 27.2 Å². The first kappa shape index (κ1) is 12.3. The minimum absolute atomic E-state index is 0.109. The van der Waals surface area contributed by atoms with Crippen molar-refractivity contribution in [3.8, 4) is 6.07 Å². The van der Waals surface area contributed by atoms with Crippen molar-refractivity contribution in [3.05, 3.63) is 29.3 Å². The zero-order valence-corrected chi connectivity index (χ0v) is 10.8. The Labute approximate surface area is 107 Å². The molecule has 0 fully saturated rings. The summed E-state index contributed by atoms with van der Waals surface area (Å²) in [6.45, 7) is 5.72. The van der Waals surface area contributed by atoms with Gasteiger partial charge in [-0.1, -0.05) is 12.1 Å². The second-order valence-electron chi connectivity index (χ2n) is 4.60. The smallest absolute Gasteiger partial charge is 0.257 e. The van der Waals surface area contributed by atoms with Crippen molar-refractivity contribution in [2.75, 3.05) is 5.01 Å². The summed E-state index contributed by atoms with van der Waals surface area (Å²) in [5, 5.41) is 14.5. The molecule has 0 saturated heterocycles. The molecular weight excluding hydrogens is 226 g/mol. The quantitative estimate of drug-likeness (QED) is 0.799. The van der Waals surface area contributed by atoms with Crippen LogP contribution in [0.3, 0.4) is 0 Å². The molecule has 18 heavy (non-hydrogen) atoms. The highest BCUT2D eigenvalue weighted by atomic mass is 16.2. The summed E-state index contributed by atoms with van der Waals surface area (Å²) in [5.74, 6) is -0.502. The molecule has 1 atom stereocenters. The van der Waals surface area contributed by atoms with E-state index in [1.165, 1.54) is 5.01 Å². The third-order valence-corrected chi connectivity index (χ3v) is 3.16. The van der Waals surface area contributed by atoms with Crippen LogP contribution >= 0.6 is 0 Å². The summed E-state index contributed by atoms with van der Waals surface area (Å²) in [6, 6.07) is 7.96. The van der Waals surface area contributed by atoms with Gasteiger partial charge < -0.3 is 0 Å². The van der Waals surface area contributed by atoms with Crippen LogP contribution < -0.4 is 5.01 Å². The van der Waals surface area contributed by atoms with E-state index in [4.69, 9.17) is 5.26 Å². The number of nitrogens with zero attached hydrogens (tertiary/aromatic N) is 3. The predicted molar refractivity (Wildman–Crippen MR) is 70.2 cm³/mol. The van der Waals surface area contributed by atoms with Gasteiger partial charge in [-0.15, -0.1) is 0 Å². The zero-order valence-electron chi connectivity index (χ0n) is 10.8. The molecule has 0 radical (unpaired) electrons. The highest BCUT2D eigenvalue weighted by Gasteiger charge is 2.34. The van der Waals surface area contributed by atoms with E-state index in [2.05, 4.69) is 5.10 Å². The molecule has 1 aromatic carbocycles. The van der Waals surface area contributed by atoms with E-state index < -0.39 is 5.92 Å². The van der Waals surface area contributed by atoms with Crippen molar-refractivity contribution in [1.29, 1.82) is 5.26 Å². The van der Waals surface area contributed by atoms with E-state index in [9.17, 15) is 4.79 Å². The molecule has 4 heteroatoms. The molecule has 1 unspecified atom stereocenters. The van der Waals surface area contributed by atoms with E-state index in [0.29, 0.717) is 5.71 Å². The van der Waals surface area contributed by atoms with Crippen LogP contribution in [0.15, 0.2) is 23.3 Å². The van der Waals surface area contributed by atoms with Crippen molar-refractivity contribution < 1.29 is 4.79 Å². The number of hydrogen-bond acceptors (Lipinski definition) is 3. The van der Waals surface area contributed by atoms with Gasteiger partial charge in [0, 0.05) is 5.71 Å². The summed E-state index contributed by atoms with van der Waals surface area (Å²) in [5.41, 5.74) is 3.60. The lowest BCUT2D eigenvalue weighted by Crippen LogP contribution is -2.27. The number of carbonyl (C=O) groups is 1. The Morgan fingerprint density at radius 2 is 2.11 bits per heavy atom. The Balaban J connectivity index is 2.39. The predicted octanol–water partition coefficient (Wildman–Crippen LogP) is 2.56. The minimum atomic E-state index is -0.394. The number of nitriles is 1. The van der Waals surface area contributed by atoms with Gasteiger partial charge in [-0.05, 0) is 38.0 Å². The van der Waals surface area contributed by atoms with Crippen LogP contribution in [0.25, 0.3) is 0 Å². The number of hydrazone groups is 1. The number of hydrogen-bond donors (Lipinski definition) is 0. The lowest BCUT2D eigenvalue weighted by atomic mass is 10.0. The van der Waals surface area contributed by atoms with Crippen molar-refractivity contribution in [3.63, 3.8) is 0 Å². The molecule has 1 amide bonds. The molecular formula is C14H15N3O. The molecule has 92 valence electrons. The van der Waals surface area contributed by atoms with Gasteiger partial charge in [0.25, 0.3) is 5.91 Å². The Bertz CT molecular complexity index is 569. The molecule has 0 aromatic heterocycles. The zero-order chi connectivity index (χ0) is 13.3. The number of rotatable bonds is 2. The summed E-state index contributed by atoms with van der Waals surface area (Å²) in [7, 11) is 0. The van der Waals surface area contributed by atoms with E-state index in [-0.39, 0.29) is 12.3 Å². The molecule has 1 aliphatic rings. The molecule has 0 saturated carbocycles. The molecule has 2 rings (SSSR count). The molecule has 4 nitrogen and oxygen atoms in total. The average molecular weight is 241 g/mol. The van der Waals surface area contributed by atoms with Crippen molar-refractivity contribution >= 4 is 17.3 Å². The van der Waals surface area contributed by atoms with Crippen LogP contribution in [0.4, 0.5) is 5.69 Å². The topological polar surface area (TPSA) is 56.5 Å². The first-order chi connectivity index (χ1) is 8.54. The minimum Gasteiger partial charge on any atom is -0.272 e. The van der Waals surface area contributed by atoms with Crippen LogP contribution in [0.1, 0.15) is 24.5 Å². The Kier molecular flexibility index (Phi) is 3.15. The Hall–Kier alpha value is -2.15. The van der Waals surface area contributed by atoms with E-state index >= 15 is 0 Å². The first-order valence-electron chi connectivity index (χ1n) is 5.88. The van der Waals surface area contributed by atoms with E-state index in [1.54, 1.807) is 6.92 Å². The van der Waals surface area contributed by atoms with E-state index in [1.807, 2.05) is 38.1 Å². The number of benzene rings is 1. The third-order valence-electron chi connectivity index (χ3n) is 3.16. The summed E-state index contributed by atoms with van der Waals surface area (Å²) < 4.78 is 0. The normalized spacial score (nSPS) is 18.8. The number of anilines is 1. The fourth-order valence-corrected chi connectivity index (χ4v) is 2.05. The first-order valence-corrected chi connectivity index (χ1v) is 5.88. The van der Waals surface area contributed by atoms with Gasteiger partial charge in [-0.25, -0.2) is 0 Å². The molecule has 0 N–H and O–H groups in total. The lowest BCUT2D eigenvalue weighted by Gasteiger charge is -2.16. The van der Waals surface area contributed by atoms with Gasteiger partial charge >= 0.3 is 0 Å². The van der Waals surface area contributed by atoms with Gasteiger partial charge in [0.15, 0.2) is 0 Å². The maximum Gasteiger partial charge on any atom is 0.257 e. The fourth-order valence-electron chi connectivity index (χ4n) is 2.05.